The van der Waals surface area contributed by atoms with Crippen LogP contribution in [-0.2, 0) is 19.0 Å². The number of hydrogen-bond acceptors (Lipinski definition) is 4. The van der Waals surface area contributed by atoms with Crippen molar-refractivity contribution in [2.45, 2.75) is 56.5 Å². The molecular formula is C17H22O4. The van der Waals surface area contributed by atoms with Crippen LogP contribution in [0.5, 0.6) is 0 Å². The zero-order valence-corrected chi connectivity index (χ0v) is 12.2. The molecule has 1 aromatic rings. The van der Waals surface area contributed by atoms with E-state index in [2.05, 4.69) is 12.1 Å². The minimum absolute atomic E-state index is 0.0505. The van der Waals surface area contributed by atoms with Gasteiger partial charge in [0.25, 0.3) is 6.47 Å². The van der Waals surface area contributed by atoms with Gasteiger partial charge < -0.3 is 14.2 Å². The summed E-state index contributed by atoms with van der Waals surface area (Å²) in [6.07, 6.45) is 6.02. The van der Waals surface area contributed by atoms with E-state index in [-0.39, 0.29) is 12.2 Å². The maximum absolute atomic E-state index is 10.3. The van der Waals surface area contributed by atoms with Crippen LogP contribution in [-0.4, -0.2) is 25.0 Å². The van der Waals surface area contributed by atoms with Crippen LogP contribution in [0.4, 0.5) is 0 Å². The molecule has 4 nitrogen and oxygen atoms in total. The second-order valence-corrected chi connectivity index (χ2v) is 5.83. The predicted molar refractivity (Wildman–Crippen MR) is 77.6 cm³/mol. The van der Waals surface area contributed by atoms with Crippen LogP contribution in [0, 0.1) is 0 Å². The van der Waals surface area contributed by atoms with Crippen molar-refractivity contribution in [3.63, 3.8) is 0 Å². The largest absolute Gasteiger partial charge is 0.468 e. The van der Waals surface area contributed by atoms with Gasteiger partial charge in [0, 0.05) is 19.3 Å². The molecule has 0 bridgehead atoms. The third-order valence-electron chi connectivity index (χ3n) is 4.38. The molecule has 1 saturated carbocycles. The van der Waals surface area contributed by atoms with Crippen LogP contribution >= 0.6 is 0 Å². The highest BCUT2D eigenvalue weighted by Gasteiger charge is 2.48. The van der Waals surface area contributed by atoms with Gasteiger partial charge in [0.2, 0.25) is 0 Å². The molecule has 3 rings (SSSR count). The monoisotopic (exact) mass is 290 g/mol. The van der Waals surface area contributed by atoms with Crippen molar-refractivity contribution in [2.24, 2.45) is 0 Å². The van der Waals surface area contributed by atoms with Crippen molar-refractivity contribution < 1.29 is 19.0 Å². The van der Waals surface area contributed by atoms with Crippen LogP contribution < -0.4 is 0 Å². The molecule has 1 aliphatic carbocycles. The number of benzene rings is 1. The fraction of sp³-hybridized carbons (Fsp3) is 0.588. The maximum Gasteiger partial charge on any atom is 0.293 e. The Hall–Kier alpha value is -1.39. The molecule has 2 atom stereocenters. The molecule has 2 fully saturated rings. The van der Waals surface area contributed by atoms with Crippen molar-refractivity contribution in [1.29, 1.82) is 0 Å². The lowest BCUT2D eigenvalue weighted by Crippen LogP contribution is -2.33. The summed E-state index contributed by atoms with van der Waals surface area (Å²) in [5.41, 5.74) is 1.14. The van der Waals surface area contributed by atoms with Crippen LogP contribution in [0.2, 0.25) is 0 Å². The van der Waals surface area contributed by atoms with Crippen LogP contribution in [0.15, 0.2) is 30.3 Å². The summed E-state index contributed by atoms with van der Waals surface area (Å²) >= 11 is 0. The molecule has 1 saturated heterocycles. The van der Waals surface area contributed by atoms with Gasteiger partial charge in [-0.05, 0) is 18.4 Å². The lowest BCUT2D eigenvalue weighted by atomic mass is 9.94. The summed E-state index contributed by atoms with van der Waals surface area (Å²) in [4.78, 5) is 10.3. The van der Waals surface area contributed by atoms with E-state index in [1.165, 1.54) is 6.42 Å². The topological polar surface area (TPSA) is 44.8 Å². The summed E-state index contributed by atoms with van der Waals surface area (Å²) < 4.78 is 17.5. The molecule has 1 heterocycles. The van der Waals surface area contributed by atoms with Crippen molar-refractivity contribution in [3.05, 3.63) is 35.9 Å². The summed E-state index contributed by atoms with van der Waals surface area (Å²) in [7, 11) is 0. The third kappa shape index (κ3) is 3.27. The lowest BCUT2D eigenvalue weighted by Gasteiger charge is -2.32. The van der Waals surface area contributed by atoms with Crippen LogP contribution in [0.3, 0.4) is 0 Å². The normalized spacial score (nSPS) is 27.6. The van der Waals surface area contributed by atoms with Gasteiger partial charge in [0.05, 0.1) is 12.7 Å². The molecule has 21 heavy (non-hydrogen) atoms. The van der Waals surface area contributed by atoms with E-state index in [0.29, 0.717) is 19.5 Å². The third-order valence-corrected chi connectivity index (χ3v) is 4.38. The van der Waals surface area contributed by atoms with Crippen molar-refractivity contribution in [2.75, 3.05) is 6.61 Å². The minimum Gasteiger partial charge on any atom is -0.468 e. The Labute approximate surface area is 125 Å². The molecule has 4 heteroatoms. The number of carbonyl (C=O) groups is 1. The van der Waals surface area contributed by atoms with Gasteiger partial charge >= 0.3 is 0 Å². The molecule has 0 unspecified atom stereocenters. The molecule has 1 aromatic carbocycles. The Balaban J connectivity index is 1.75. The summed E-state index contributed by atoms with van der Waals surface area (Å²) in [6, 6.07) is 10.2. The second-order valence-electron chi connectivity index (χ2n) is 5.83. The quantitative estimate of drug-likeness (QED) is 0.616. The number of hydrogen-bond donors (Lipinski definition) is 0. The Morgan fingerprint density at radius 2 is 1.90 bits per heavy atom. The Morgan fingerprint density at radius 3 is 2.62 bits per heavy atom. The van der Waals surface area contributed by atoms with Gasteiger partial charge in [-0.25, -0.2) is 0 Å². The van der Waals surface area contributed by atoms with E-state index < -0.39 is 5.79 Å². The summed E-state index contributed by atoms with van der Waals surface area (Å²) in [5.74, 6) is -0.426. The predicted octanol–water partition coefficient (Wildman–Crippen LogP) is 3.37. The van der Waals surface area contributed by atoms with Crippen molar-refractivity contribution in [3.8, 4) is 0 Å². The Morgan fingerprint density at radius 1 is 1.14 bits per heavy atom. The van der Waals surface area contributed by atoms with E-state index in [1.807, 2.05) is 18.2 Å². The summed E-state index contributed by atoms with van der Waals surface area (Å²) in [6.45, 7) is 0.862. The van der Waals surface area contributed by atoms with Crippen molar-refractivity contribution in [1.82, 2.24) is 0 Å². The molecule has 0 aromatic heterocycles. The van der Waals surface area contributed by atoms with Crippen LogP contribution in [0.25, 0.3) is 0 Å². The maximum atomic E-state index is 10.3. The number of carbonyl (C=O) groups excluding carboxylic acids is 1. The highest BCUT2D eigenvalue weighted by Crippen LogP contribution is 2.46. The average Bonchev–Trinajstić information content (AvgIpc) is 2.87. The number of rotatable bonds is 5. The van der Waals surface area contributed by atoms with Gasteiger partial charge in [0.1, 0.15) is 6.10 Å². The van der Waals surface area contributed by atoms with Crippen molar-refractivity contribution >= 4 is 6.47 Å². The second kappa shape index (κ2) is 6.58. The zero-order valence-electron chi connectivity index (χ0n) is 12.2. The smallest absolute Gasteiger partial charge is 0.293 e. The molecule has 114 valence electrons. The molecule has 2 aliphatic rings. The Kier molecular flexibility index (Phi) is 4.56. The molecule has 0 N–H and O–H groups in total. The van der Waals surface area contributed by atoms with Gasteiger partial charge in [-0.1, -0.05) is 36.8 Å². The molecule has 1 spiro atoms. The van der Waals surface area contributed by atoms with E-state index in [0.717, 1.165) is 31.2 Å². The van der Waals surface area contributed by atoms with E-state index >= 15 is 0 Å². The molecule has 0 radical (unpaired) electrons. The highest BCUT2D eigenvalue weighted by molar-refractivity contribution is 5.36. The highest BCUT2D eigenvalue weighted by atomic mass is 16.8. The van der Waals surface area contributed by atoms with Gasteiger partial charge in [-0.3, -0.25) is 4.79 Å². The van der Waals surface area contributed by atoms with Crippen LogP contribution in [0.1, 0.15) is 50.2 Å². The van der Waals surface area contributed by atoms with Gasteiger partial charge in [-0.15, -0.1) is 0 Å². The number of ether oxygens (including phenoxy) is 3. The minimum atomic E-state index is -0.426. The molecule has 1 aliphatic heterocycles. The molecular weight excluding hydrogens is 268 g/mol. The fourth-order valence-electron chi connectivity index (χ4n) is 3.37. The van der Waals surface area contributed by atoms with E-state index in [4.69, 9.17) is 14.2 Å². The SMILES string of the molecule is O=COCC[C@@H]1OC2(CCCCC2)O[C@H]1c1ccccc1. The lowest BCUT2D eigenvalue weighted by molar-refractivity contribution is -0.195. The van der Waals surface area contributed by atoms with E-state index in [1.54, 1.807) is 0 Å². The van der Waals surface area contributed by atoms with E-state index in [9.17, 15) is 4.79 Å². The fourth-order valence-corrected chi connectivity index (χ4v) is 3.37. The zero-order chi connectivity index (χ0) is 14.5. The average molecular weight is 290 g/mol. The first-order valence-corrected chi connectivity index (χ1v) is 7.79. The summed E-state index contributed by atoms with van der Waals surface area (Å²) in [5, 5.41) is 0. The van der Waals surface area contributed by atoms with Gasteiger partial charge in [0.15, 0.2) is 5.79 Å². The molecule has 0 amide bonds. The first kappa shape index (κ1) is 14.5. The first-order valence-electron chi connectivity index (χ1n) is 7.79. The van der Waals surface area contributed by atoms with Gasteiger partial charge in [-0.2, -0.15) is 0 Å². The standard InChI is InChI=1S/C17H22O4/c18-13-19-12-9-15-16(14-7-3-1-4-8-14)21-17(20-15)10-5-2-6-11-17/h1,3-4,7-8,13,15-16H,2,5-6,9-12H2/t15-,16-/m0/s1. The first-order chi connectivity index (χ1) is 10.3. The Bertz CT molecular complexity index is 453.